The average Bonchev–Trinajstić information content (AvgIpc) is 3.12. The molecular formula is C21H26FN3O3S. The van der Waals surface area contributed by atoms with Crippen LogP contribution in [0.3, 0.4) is 0 Å². The van der Waals surface area contributed by atoms with Crippen molar-refractivity contribution in [3.05, 3.63) is 71.5 Å². The first kappa shape index (κ1) is 20.4. The van der Waals surface area contributed by atoms with Crippen LogP contribution in [0.2, 0.25) is 0 Å². The summed E-state index contributed by atoms with van der Waals surface area (Å²) >= 11 is 0. The van der Waals surface area contributed by atoms with E-state index < -0.39 is 27.1 Å². The fourth-order valence-corrected chi connectivity index (χ4v) is 6.06. The first-order chi connectivity index (χ1) is 14.0. The van der Waals surface area contributed by atoms with Gasteiger partial charge >= 0.3 is 0 Å². The van der Waals surface area contributed by atoms with Gasteiger partial charge in [-0.25, -0.2) is 12.8 Å². The minimum absolute atomic E-state index is 0.0298. The van der Waals surface area contributed by atoms with Gasteiger partial charge in [0.2, 0.25) is 10.0 Å². The molecular weight excluding hydrogens is 393 g/mol. The summed E-state index contributed by atoms with van der Waals surface area (Å²) in [6, 6.07) is 15.8. The standard InChI is InChI=1S/C21H26FN3O3S/c1-23-21(18-9-5-6-10-19(18)22)20(16-28-23)29(26,27)25-13-11-24(12-14-25)15-17-7-3-2-4-8-17/h2-10,20-21H,11-16H2,1H3. The van der Waals surface area contributed by atoms with Gasteiger partial charge in [-0.3, -0.25) is 9.74 Å². The van der Waals surface area contributed by atoms with Gasteiger partial charge in [-0.15, -0.1) is 0 Å². The van der Waals surface area contributed by atoms with Crippen LogP contribution in [0.1, 0.15) is 17.2 Å². The number of hydroxylamine groups is 2. The zero-order valence-corrected chi connectivity index (χ0v) is 17.3. The Balaban J connectivity index is 1.46. The van der Waals surface area contributed by atoms with E-state index in [1.165, 1.54) is 21.0 Å². The monoisotopic (exact) mass is 419 g/mol. The molecule has 0 aliphatic carbocycles. The molecule has 0 spiro atoms. The Morgan fingerprint density at radius 3 is 2.34 bits per heavy atom. The SMILES string of the molecule is CN1OCC(S(=O)(=O)N2CCN(Cc3ccccc3)CC2)C1c1ccccc1F. The van der Waals surface area contributed by atoms with Crippen LogP contribution < -0.4 is 0 Å². The predicted octanol–water partition coefficient (Wildman–Crippen LogP) is 2.26. The van der Waals surface area contributed by atoms with Gasteiger partial charge in [0.1, 0.15) is 11.1 Å². The van der Waals surface area contributed by atoms with E-state index in [0.29, 0.717) is 31.7 Å². The lowest BCUT2D eigenvalue weighted by atomic mass is 10.0. The highest BCUT2D eigenvalue weighted by molar-refractivity contribution is 7.89. The molecule has 2 aliphatic heterocycles. The molecule has 2 aromatic carbocycles. The summed E-state index contributed by atoms with van der Waals surface area (Å²) in [4.78, 5) is 7.77. The van der Waals surface area contributed by atoms with E-state index in [-0.39, 0.29) is 6.61 Å². The summed E-state index contributed by atoms with van der Waals surface area (Å²) in [5.74, 6) is -0.414. The zero-order valence-electron chi connectivity index (χ0n) is 16.4. The van der Waals surface area contributed by atoms with Gasteiger partial charge in [0, 0.05) is 45.3 Å². The third kappa shape index (κ3) is 4.22. The Morgan fingerprint density at radius 2 is 1.66 bits per heavy atom. The molecule has 0 aromatic heterocycles. The quantitative estimate of drug-likeness (QED) is 0.744. The van der Waals surface area contributed by atoms with Gasteiger partial charge in [0.25, 0.3) is 0 Å². The minimum Gasteiger partial charge on any atom is -0.297 e. The van der Waals surface area contributed by atoms with E-state index in [2.05, 4.69) is 17.0 Å². The van der Waals surface area contributed by atoms with Crippen LogP contribution >= 0.6 is 0 Å². The highest BCUT2D eigenvalue weighted by Crippen LogP contribution is 2.36. The van der Waals surface area contributed by atoms with Crippen molar-refractivity contribution >= 4 is 10.0 Å². The van der Waals surface area contributed by atoms with Gasteiger partial charge in [-0.2, -0.15) is 9.37 Å². The summed E-state index contributed by atoms with van der Waals surface area (Å²) in [6.07, 6.45) is 0. The molecule has 156 valence electrons. The highest BCUT2D eigenvalue weighted by atomic mass is 32.2. The van der Waals surface area contributed by atoms with Crippen molar-refractivity contribution in [3.63, 3.8) is 0 Å². The molecule has 4 rings (SSSR count). The molecule has 2 atom stereocenters. The van der Waals surface area contributed by atoms with E-state index in [1.807, 2.05) is 18.2 Å². The molecule has 2 unspecified atom stereocenters. The van der Waals surface area contributed by atoms with Crippen molar-refractivity contribution in [1.82, 2.24) is 14.3 Å². The lowest BCUT2D eigenvalue weighted by molar-refractivity contribution is -0.111. The fraction of sp³-hybridized carbons (Fsp3) is 0.429. The number of rotatable bonds is 5. The van der Waals surface area contributed by atoms with Gasteiger partial charge in [0.15, 0.2) is 0 Å². The molecule has 2 aliphatic rings. The van der Waals surface area contributed by atoms with E-state index in [1.54, 1.807) is 25.2 Å². The van der Waals surface area contributed by atoms with E-state index in [9.17, 15) is 12.8 Å². The van der Waals surface area contributed by atoms with Crippen molar-refractivity contribution in [2.75, 3.05) is 39.8 Å². The van der Waals surface area contributed by atoms with Crippen LogP contribution in [0.4, 0.5) is 4.39 Å². The molecule has 8 heteroatoms. The zero-order chi connectivity index (χ0) is 20.4. The molecule has 2 fully saturated rings. The van der Waals surface area contributed by atoms with Crippen LogP contribution in [-0.2, 0) is 21.4 Å². The fourth-order valence-electron chi connectivity index (χ4n) is 4.13. The number of hydrogen-bond acceptors (Lipinski definition) is 5. The topological polar surface area (TPSA) is 53.1 Å². The van der Waals surface area contributed by atoms with Crippen molar-refractivity contribution in [1.29, 1.82) is 0 Å². The van der Waals surface area contributed by atoms with Gasteiger partial charge in [0.05, 0.1) is 12.6 Å². The minimum atomic E-state index is -3.63. The van der Waals surface area contributed by atoms with Crippen LogP contribution in [0.5, 0.6) is 0 Å². The summed E-state index contributed by atoms with van der Waals surface area (Å²) < 4.78 is 42.7. The second kappa shape index (κ2) is 8.49. The molecule has 2 heterocycles. The molecule has 2 aromatic rings. The van der Waals surface area contributed by atoms with Crippen molar-refractivity contribution < 1.29 is 17.6 Å². The number of sulfonamides is 1. The second-order valence-electron chi connectivity index (χ2n) is 7.55. The van der Waals surface area contributed by atoms with Gasteiger partial charge < -0.3 is 0 Å². The van der Waals surface area contributed by atoms with Crippen molar-refractivity contribution in [3.8, 4) is 0 Å². The maximum Gasteiger partial charge on any atom is 0.221 e. The molecule has 6 nitrogen and oxygen atoms in total. The van der Waals surface area contributed by atoms with Crippen molar-refractivity contribution in [2.24, 2.45) is 0 Å². The van der Waals surface area contributed by atoms with Crippen LogP contribution in [0.25, 0.3) is 0 Å². The van der Waals surface area contributed by atoms with Crippen LogP contribution in [0.15, 0.2) is 54.6 Å². The Morgan fingerprint density at radius 1 is 1.00 bits per heavy atom. The van der Waals surface area contributed by atoms with Crippen LogP contribution in [-0.4, -0.2) is 67.8 Å². The average molecular weight is 420 g/mol. The first-order valence-corrected chi connectivity index (χ1v) is 11.3. The maximum absolute atomic E-state index is 14.4. The smallest absolute Gasteiger partial charge is 0.221 e. The van der Waals surface area contributed by atoms with Crippen molar-refractivity contribution in [2.45, 2.75) is 17.8 Å². The highest BCUT2D eigenvalue weighted by Gasteiger charge is 2.47. The van der Waals surface area contributed by atoms with Gasteiger partial charge in [-0.1, -0.05) is 48.5 Å². The number of hydrogen-bond donors (Lipinski definition) is 0. The predicted molar refractivity (Wildman–Crippen MR) is 109 cm³/mol. The molecule has 0 radical (unpaired) electrons. The molecule has 29 heavy (non-hydrogen) atoms. The number of halogens is 1. The Bertz CT molecular complexity index is 933. The third-order valence-corrected chi connectivity index (χ3v) is 7.98. The Kier molecular flexibility index (Phi) is 5.98. The summed E-state index contributed by atoms with van der Waals surface area (Å²) in [7, 11) is -1.97. The normalized spacial score (nSPS) is 24.8. The molecule has 0 N–H and O–H groups in total. The summed E-state index contributed by atoms with van der Waals surface area (Å²) in [6.45, 7) is 3.03. The molecule has 0 amide bonds. The molecule has 0 saturated carbocycles. The maximum atomic E-state index is 14.4. The van der Waals surface area contributed by atoms with E-state index in [4.69, 9.17) is 4.84 Å². The third-order valence-electron chi connectivity index (χ3n) is 5.73. The second-order valence-corrected chi connectivity index (χ2v) is 9.70. The Labute approximate surface area is 171 Å². The number of nitrogens with zero attached hydrogens (tertiary/aromatic N) is 3. The molecule has 2 saturated heterocycles. The molecule has 0 bridgehead atoms. The number of benzene rings is 2. The van der Waals surface area contributed by atoms with Gasteiger partial charge in [-0.05, 0) is 11.6 Å². The summed E-state index contributed by atoms with van der Waals surface area (Å²) in [5, 5.41) is 0.636. The van der Waals surface area contributed by atoms with Crippen LogP contribution in [0, 0.1) is 5.82 Å². The lowest BCUT2D eigenvalue weighted by Gasteiger charge is -2.36. The lowest BCUT2D eigenvalue weighted by Crippen LogP contribution is -2.52. The number of piperazine rings is 1. The summed E-state index contributed by atoms with van der Waals surface area (Å²) in [5.41, 5.74) is 1.57. The Hall–Kier alpha value is -1.84. The van der Waals surface area contributed by atoms with E-state index >= 15 is 0 Å². The largest absolute Gasteiger partial charge is 0.297 e. The van der Waals surface area contributed by atoms with E-state index in [0.717, 1.165) is 6.54 Å². The first-order valence-electron chi connectivity index (χ1n) is 9.82.